The first kappa shape index (κ1) is 12.3. The van der Waals surface area contributed by atoms with Gasteiger partial charge in [-0.15, -0.1) is 0 Å². The summed E-state index contributed by atoms with van der Waals surface area (Å²) in [4.78, 5) is 2.47. The quantitative estimate of drug-likeness (QED) is 0.795. The van der Waals surface area contributed by atoms with E-state index in [2.05, 4.69) is 11.8 Å². The Morgan fingerprint density at radius 3 is 3.00 bits per heavy atom. The van der Waals surface area contributed by atoms with Crippen LogP contribution < -0.4 is 0 Å². The third-order valence-electron chi connectivity index (χ3n) is 3.91. The summed E-state index contributed by atoms with van der Waals surface area (Å²) in [5.41, 5.74) is 0. The Morgan fingerprint density at radius 1 is 1.38 bits per heavy atom. The van der Waals surface area contributed by atoms with Crippen molar-refractivity contribution in [3.63, 3.8) is 0 Å². The van der Waals surface area contributed by atoms with Crippen molar-refractivity contribution in [2.45, 2.75) is 63.7 Å². The van der Waals surface area contributed by atoms with Gasteiger partial charge in [-0.25, -0.2) is 0 Å². The van der Waals surface area contributed by atoms with E-state index in [0.717, 1.165) is 32.5 Å². The molecule has 3 atom stereocenters. The number of aliphatic hydroxyl groups is 1. The van der Waals surface area contributed by atoms with Crippen molar-refractivity contribution in [2.24, 2.45) is 0 Å². The Morgan fingerprint density at radius 2 is 2.19 bits per heavy atom. The van der Waals surface area contributed by atoms with Gasteiger partial charge in [0.05, 0.1) is 18.8 Å². The molecule has 1 saturated carbocycles. The van der Waals surface area contributed by atoms with E-state index in [4.69, 9.17) is 4.74 Å². The van der Waals surface area contributed by atoms with Crippen LogP contribution in [-0.2, 0) is 4.74 Å². The molecule has 0 amide bonds. The molecule has 0 aromatic heterocycles. The first-order chi connectivity index (χ1) is 7.81. The molecule has 2 rings (SSSR count). The van der Waals surface area contributed by atoms with Gasteiger partial charge < -0.3 is 9.84 Å². The molecular formula is C13H25NO2. The van der Waals surface area contributed by atoms with Crippen LogP contribution in [0.2, 0.25) is 0 Å². The average molecular weight is 227 g/mol. The molecule has 3 unspecified atom stereocenters. The predicted octanol–water partition coefficient (Wildman–Crippen LogP) is 1.79. The van der Waals surface area contributed by atoms with E-state index in [1.807, 2.05) is 0 Å². The van der Waals surface area contributed by atoms with Crippen LogP contribution in [0.4, 0.5) is 0 Å². The monoisotopic (exact) mass is 227 g/mol. The molecule has 1 N–H and O–H groups in total. The minimum atomic E-state index is -0.148. The number of nitrogens with zero attached hydrogens (tertiary/aromatic N) is 1. The maximum atomic E-state index is 9.91. The first-order valence-corrected chi connectivity index (χ1v) is 6.85. The number of hydrogen-bond acceptors (Lipinski definition) is 3. The van der Waals surface area contributed by atoms with Crippen LogP contribution in [0.25, 0.3) is 0 Å². The summed E-state index contributed by atoms with van der Waals surface area (Å²) in [6.07, 6.45) is 7.39. The van der Waals surface area contributed by atoms with Crippen LogP contribution in [0, 0.1) is 0 Å². The first-order valence-electron chi connectivity index (χ1n) is 6.85. The lowest BCUT2D eigenvalue weighted by atomic mass is 9.90. The standard InChI is InChI=1S/C13H25NO2/c1-2-5-11(15)10-14-8-9-16-13-7-4-3-6-12(13)14/h11-13,15H,2-10H2,1H3. The lowest BCUT2D eigenvalue weighted by Crippen LogP contribution is -2.54. The van der Waals surface area contributed by atoms with Crippen LogP contribution in [0.15, 0.2) is 0 Å². The van der Waals surface area contributed by atoms with Gasteiger partial charge in [-0.05, 0) is 19.3 Å². The smallest absolute Gasteiger partial charge is 0.0730 e. The Balaban J connectivity index is 1.87. The number of morpholine rings is 1. The van der Waals surface area contributed by atoms with Gasteiger partial charge in [0.2, 0.25) is 0 Å². The largest absolute Gasteiger partial charge is 0.392 e. The number of aliphatic hydroxyl groups excluding tert-OH is 1. The van der Waals surface area contributed by atoms with Gasteiger partial charge in [0.15, 0.2) is 0 Å². The van der Waals surface area contributed by atoms with E-state index in [1.54, 1.807) is 0 Å². The fourth-order valence-electron chi connectivity index (χ4n) is 3.10. The molecule has 1 saturated heterocycles. The van der Waals surface area contributed by atoms with Crippen molar-refractivity contribution < 1.29 is 9.84 Å². The second kappa shape index (κ2) is 5.99. The molecule has 16 heavy (non-hydrogen) atoms. The van der Waals surface area contributed by atoms with Gasteiger partial charge in [0.1, 0.15) is 0 Å². The highest BCUT2D eigenvalue weighted by Gasteiger charge is 2.34. The highest BCUT2D eigenvalue weighted by atomic mass is 16.5. The molecule has 3 nitrogen and oxygen atoms in total. The van der Waals surface area contributed by atoms with Gasteiger partial charge in [-0.2, -0.15) is 0 Å². The summed E-state index contributed by atoms with van der Waals surface area (Å²) < 4.78 is 5.83. The highest BCUT2D eigenvalue weighted by molar-refractivity contribution is 4.88. The third-order valence-corrected chi connectivity index (χ3v) is 3.91. The third kappa shape index (κ3) is 2.96. The van der Waals surface area contributed by atoms with Crippen LogP contribution in [0.5, 0.6) is 0 Å². The number of hydrogen-bond donors (Lipinski definition) is 1. The number of ether oxygens (including phenoxy) is 1. The fraction of sp³-hybridized carbons (Fsp3) is 1.00. The van der Waals surface area contributed by atoms with E-state index in [-0.39, 0.29) is 6.10 Å². The van der Waals surface area contributed by atoms with Gasteiger partial charge in [0.25, 0.3) is 0 Å². The maximum Gasteiger partial charge on any atom is 0.0730 e. The maximum absolute atomic E-state index is 9.91. The number of fused-ring (bicyclic) bond motifs is 1. The molecule has 0 spiro atoms. The molecule has 1 aliphatic heterocycles. The van der Waals surface area contributed by atoms with Crippen LogP contribution >= 0.6 is 0 Å². The van der Waals surface area contributed by atoms with Gasteiger partial charge in [-0.3, -0.25) is 4.90 Å². The molecule has 0 bridgehead atoms. The topological polar surface area (TPSA) is 32.7 Å². The minimum Gasteiger partial charge on any atom is -0.392 e. The predicted molar refractivity (Wildman–Crippen MR) is 64.5 cm³/mol. The molecular weight excluding hydrogens is 202 g/mol. The summed E-state index contributed by atoms with van der Waals surface area (Å²) in [7, 11) is 0. The van der Waals surface area contributed by atoms with Gasteiger partial charge in [-0.1, -0.05) is 26.2 Å². The summed E-state index contributed by atoms with van der Waals surface area (Å²) >= 11 is 0. The molecule has 94 valence electrons. The van der Waals surface area contributed by atoms with E-state index in [1.165, 1.54) is 25.7 Å². The van der Waals surface area contributed by atoms with Gasteiger partial charge in [0, 0.05) is 19.1 Å². The van der Waals surface area contributed by atoms with E-state index in [0.29, 0.717) is 12.1 Å². The lowest BCUT2D eigenvalue weighted by Gasteiger charge is -2.44. The van der Waals surface area contributed by atoms with E-state index < -0.39 is 0 Å². The Hall–Kier alpha value is -0.120. The minimum absolute atomic E-state index is 0.148. The zero-order valence-corrected chi connectivity index (χ0v) is 10.4. The van der Waals surface area contributed by atoms with Crippen molar-refractivity contribution in [3.8, 4) is 0 Å². The zero-order chi connectivity index (χ0) is 11.4. The van der Waals surface area contributed by atoms with Crippen LogP contribution in [0.3, 0.4) is 0 Å². The van der Waals surface area contributed by atoms with Crippen LogP contribution in [0.1, 0.15) is 45.4 Å². The van der Waals surface area contributed by atoms with Crippen LogP contribution in [-0.4, -0.2) is 48.0 Å². The van der Waals surface area contributed by atoms with E-state index in [9.17, 15) is 5.11 Å². The summed E-state index contributed by atoms with van der Waals surface area (Å²) in [5, 5.41) is 9.91. The second-order valence-corrected chi connectivity index (χ2v) is 5.20. The fourth-order valence-corrected chi connectivity index (χ4v) is 3.10. The van der Waals surface area contributed by atoms with E-state index >= 15 is 0 Å². The van der Waals surface area contributed by atoms with Crippen molar-refractivity contribution in [1.29, 1.82) is 0 Å². The Kier molecular flexibility index (Phi) is 4.62. The van der Waals surface area contributed by atoms with Crippen molar-refractivity contribution >= 4 is 0 Å². The molecule has 1 aliphatic carbocycles. The lowest BCUT2D eigenvalue weighted by molar-refractivity contribution is -0.0975. The molecule has 0 aromatic carbocycles. The molecule has 1 heterocycles. The molecule has 2 aliphatic rings. The molecule has 3 heteroatoms. The van der Waals surface area contributed by atoms with Gasteiger partial charge >= 0.3 is 0 Å². The molecule has 0 aromatic rings. The highest BCUT2D eigenvalue weighted by Crippen LogP contribution is 2.28. The number of rotatable bonds is 4. The SMILES string of the molecule is CCCC(O)CN1CCOC2CCCCC21. The average Bonchev–Trinajstić information content (AvgIpc) is 2.30. The summed E-state index contributed by atoms with van der Waals surface area (Å²) in [6.45, 7) is 4.83. The Bertz CT molecular complexity index is 208. The van der Waals surface area contributed by atoms with Crippen molar-refractivity contribution in [1.82, 2.24) is 4.90 Å². The summed E-state index contributed by atoms with van der Waals surface area (Å²) in [5.74, 6) is 0. The number of β-amino-alcohol motifs (C(OH)–C–C–N with tert-alkyl or cyclic N) is 1. The second-order valence-electron chi connectivity index (χ2n) is 5.20. The zero-order valence-electron chi connectivity index (χ0n) is 10.4. The summed E-state index contributed by atoms with van der Waals surface area (Å²) in [6, 6.07) is 0.578. The normalized spacial score (nSPS) is 33.4. The van der Waals surface area contributed by atoms with Crippen molar-refractivity contribution in [3.05, 3.63) is 0 Å². The van der Waals surface area contributed by atoms with Crippen molar-refractivity contribution in [2.75, 3.05) is 19.7 Å². The Labute approximate surface area is 98.8 Å². The molecule has 2 fully saturated rings. The molecule has 0 radical (unpaired) electrons.